The van der Waals surface area contributed by atoms with Gasteiger partial charge in [0.05, 0.1) is 23.8 Å². The van der Waals surface area contributed by atoms with Crippen molar-refractivity contribution in [3.8, 4) is 28.4 Å². The molecule has 1 N–H and O–H groups in total. The van der Waals surface area contributed by atoms with Gasteiger partial charge in [-0.1, -0.05) is 19.9 Å². The second-order valence-corrected chi connectivity index (χ2v) is 8.27. The molecule has 1 saturated carbocycles. The van der Waals surface area contributed by atoms with Crippen LogP contribution in [0.4, 0.5) is 0 Å². The number of hydrogen-bond donors (Lipinski definition) is 1. The van der Waals surface area contributed by atoms with Crippen molar-refractivity contribution in [2.24, 2.45) is 11.3 Å². The summed E-state index contributed by atoms with van der Waals surface area (Å²) < 4.78 is 44.7. The van der Waals surface area contributed by atoms with Crippen LogP contribution in [0.15, 0.2) is 30.3 Å². The molecule has 2 aromatic rings. The molecule has 31 heavy (non-hydrogen) atoms. The van der Waals surface area contributed by atoms with Gasteiger partial charge in [-0.05, 0) is 48.6 Å². The lowest BCUT2D eigenvalue weighted by atomic mass is 9.90. The Morgan fingerprint density at radius 2 is 1.90 bits per heavy atom. The molecule has 1 aliphatic heterocycles. The first-order chi connectivity index (χ1) is 16.0. The Morgan fingerprint density at radius 3 is 2.52 bits per heavy atom. The molecule has 164 valence electrons. The Morgan fingerprint density at radius 1 is 1.16 bits per heavy atom. The van der Waals surface area contributed by atoms with Crippen LogP contribution in [0.5, 0.6) is 17.2 Å². The van der Waals surface area contributed by atoms with Gasteiger partial charge in [-0.3, -0.25) is 4.79 Å². The minimum absolute atomic E-state index is 0.0493. The third-order valence-corrected chi connectivity index (χ3v) is 5.99. The summed E-state index contributed by atoms with van der Waals surface area (Å²) in [7, 11) is -1.37. The summed E-state index contributed by atoms with van der Waals surface area (Å²) in [6.07, 6.45) is 0.263. The molecule has 0 bridgehead atoms. The molecule has 0 radical (unpaired) electrons. The van der Waals surface area contributed by atoms with Crippen LogP contribution in [0, 0.1) is 11.3 Å². The van der Waals surface area contributed by atoms with E-state index in [1.54, 1.807) is 24.3 Å². The van der Waals surface area contributed by atoms with E-state index in [2.05, 4.69) is 0 Å². The minimum atomic E-state index is -2.73. The predicted molar refractivity (Wildman–Crippen MR) is 113 cm³/mol. The molecule has 2 aromatic carbocycles. The lowest BCUT2D eigenvalue weighted by Crippen LogP contribution is -2.39. The number of ether oxygens (including phenoxy) is 4. The van der Waals surface area contributed by atoms with Gasteiger partial charge in [0.25, 0.3) is 0 Å². The number of carboxylic acids is 1. The van der Waals surface area contributed by atoms with Crippen LogP contribution in [0.25, 0.3) is 11.1 Å². The van der Waals surface area contributed by atoms with Crippen molar-refractivity contribution in [3.63, 3.8) is 0 Å². The zero-order valence-corrected chi connectivity index (χ0v) is 17.6. The highest BCUT2D eigenvalue weighted by atomic mass is 16.5. The smallest absolute Gasteiger partial charge is 0.338 e. The molecule has 1 atom stereocenters. The second-order valence-electron chi connectivity index (χ2n) is 8.27. The van der Waals surface area contributed by atoms with Crippen molar-refractivity contribution in [1.29, 1.82) is 0 Å². The van der Waals surface area contributed by atoms with Crippen LogP contribution < -0.4 is 14.2 Å². The standard InChI is InChI=1S/C24H26O7/c1-13(2)21(24(9-10-24)23(26)27)31-19-16(7-8-18(28-3)20(19)29-4)14-5-6-17-15(11-14)12-30-22(17)25/h5-8,11,13,21H,9-10,12H2,1-4H3,(H,26,27)/i3D3. The highest BCUT2D eigenvalue weighted by Crippen LogP contribution is 2.54. The van der Waals surface area contributed by atoms with E-state index in [9.17, 15) is 14.7 Å². The third-order valence-electron chi connectivity index (χ3n) is 5.99. The Hall–Kier alpha value is -3.22. The summed E-state index contributed by atoms with van der Waals surface area (Å²) in [5.41, 5.74) is 1.37. The number of rotatable bonds is 8. The molecular formula is C24H26O7. The van der Waals surface area contributed by atoms with Gasteiger partial charge in [0.15, 0.2) is 11.5 Å². The average molecular weight is 429 g/mol. The molecule has 2 aliphatic rings. The highest BCUT2D eigenvalue weighted by Gasteiger charge is 2.59. The number of hydrogen-bond acceptors (Lipinski definition) is 6. The Bertz CT molecular complexity index is 1140. The Kier molecular flexibility index (Phi) is 4.39. The van der Waals surface area contributed by atoms with Gasteiger partial charge in [0.2, 0.25) is 5.75 Å². The van der Waals surface area contributed by atoms with Crippen molar-refractivity contribution in [3.05, 3.63) is 41.5 Å². The summed E-state index contributed by atoms with van der Waals surface area (Å²) in [5, 5.41) is 9.90. The van der Waals surface area contributed by atoms with E-state index in [0.29, 0.717) is 35.1 Å². The van der Waals surface area contributed by atoms with Crippen LogP contribution >= 0.6 is 0 Å². The van der Waals surface area contributed by atoms with E-state index in [1.165, 1.54) is 13.2 Å². The number of cyclic esters (lactones) is 1. The van der Waals surface area contributed by atoms with Gasteiger partial charge in [0, 0.05) is 11.1 Å². The fourth-order valence-corrected chi connectivity index (χ4v) is 4.23. The van der Waals surface area contributed by atoms with Gasteiger partial charge >= 0.3 is 11.9 Å². The van der Waals surface area contributed by atoms with Crippen molar-refractivity contribution >= 4 is 11.9 Å². The van der Waals surface area contributed by atoms with Gasteiger partial charge in [-0.2, -0.15) is 0 Å². The van der Waals surface area contributed by atoms with E-state index in [-0.39, 0.29) is 29.8 Å². The average Bonchev–Trinajstić information content (AvgIpc) is 3.48. The van der Waals surface area contributed by atoms with Crippen molar-refractivity contribution in [2.75, 3.05) is 14.1 Å². The quantitative estimate of drug-likeness (QED) is 0.625. The number of aliphatic carboxylic acids is 1. The van der Waals surface area contributed by atoms with Crippen LogP contribution in [0.3, 0.4) is 0 Å². The summed E-state index contributed by atoms with van der Waals surface area (Å²) in [5.74, 6) is -1.31. The van der Waals surface area contributed by atoms with Crippen LogP contribution in [-0.4, -0.2) is 37.3 Å². The summed E-state index contributed by atoms with van der Waals surface area (Å²) in [6, 6.07) is 8.28. The minimum Gasteiger partial charge on any atom is -0.493 e. The molecular weight excluding hydrogens is 400 g/mol. The summed E-state index contributed by atoms with van der Waals surface area (Å²) in [6.45, 7) is 3.90. The molecule has 0 spiro atoms. The van der Waals surface area contributed by atoms with Crippen LogP contribution in [0.2, 0.25) is 0 Å². The zero-order chi connectivity index (χ0) is 24.8. The normalized spacial score (nSPS) is 18.8. The van der Waals surface area contributed by atoms with Crippen LogP contribution in [0.1, 0.15) is 46.7 Å². The third kappa shape index (κ3) is 3.48. The molecule has 1 fully saturated rings. The molecule has 0 saturated heterocycles. The van der Waals surface area contributed by atoms with Crippen molar-refractivity contribution in [1.82, 2.24) is 0 Å². The maximum absolute atomic E-state index is 12.1. The van der Waals surface area contributed by atoms with Gasteiger partial charge in [-0.15, -0.1) is 0 Å². The second kappa shape index (κ2) is 7.80. The monoisotopic (exact) mass is 429 g/mol. The molecule has 1 unspecified atom stereocenters. The molecule has 0 aromatic heterocycles. The first-order valence-corrected chi connectivity index (χ1v) is 10.1. The largest absolute Gasteiger partial charge is 0.493 e. The Labute approximate surface area is 185 Å². The lowest BCUT2D eigenvalue weighted by molar-refractivity contribution is -0.148. The number of carbonyl (C=O) groups is 2. The number of carbonyl (C=O) groups excluding carboxylic acids is 1. The topological polar surface area (TPSA) is 91.3 Å². The molecule has 0 amide bonds. The van der Waals surface area contributed by atoms with E-state index >= 15 is 0 Å². The molecule has 4 rings (SSSR count). The van der Waals surface area contributed by atoms with Crippen molar-refractivity contribution < 1.29 is 37.8 Å². The van der Waals surface area contributed by atoms with Crippen molar-refractivity contribution in [2.45, 2.75) is 39.4 Å². The zero-order valence-electron chi connectivity index (χ0n) is 20.6. The fourth-order valence-electron chi connectivity index (χ4n) is 4.23. The first kappa shape index (κ1) is 17.5. The molecule has 1 aliphatic carbocycles. The van der Waals surface area contributed by atoms with Gasteiger partial charge < -0.3 is 24.1 Å². The number of fused-ring (bicyclic) bond motifs is 1. The number of esters is 1. The lowest BCUT2D eigenvalue weighted by Gasteiger charge is -2.30. The SMILES string of the molecule is [2H]C([2H])([2H])Oc1ccc(-c2ccc3c(c2)COC3=O)c(OC(C(C)C)C2(C(=O)O)CC2)c1OC. The number of methoxy groups -OCH3 is 2. The number of carboxylic acid groups (broad SMARTS) is 1. The Balaban J connectivity index is 1.86. The van der Waals surface area contributed by atoms with Crippen LogP contribution in [-0.2, 0) is 16.1 Å². The van der Waals surface area contributed by atoms with E-state index < -0.39 is 30.5 Å². The van der Waals surface area contributed by atoms with E-state index in [1.807, 2.05) is 13.8 Å². The summed E-state index contributed by atoms with van der Waals surface area (Å²) >= 11 is 0. The molecule has 1 heterocycles. The van der Waals surface area contributed by atoms with Gasteiger partial charge in [-0.25, -0.2) is 4.79 Å². The highest BCUT2D eigenvalue weighted by molar-refractivity contribution is 5.94. The maximum Gasteiger partial charge on any atom is 0.338 e. The molecule has 7 heteroatoms. The first-order valence-electron chi connectivity index (χ1n) is 11.6. The number of benzene rings is 2. The molecule has 7 nitrogen and oxygen atoms in total. The maximum atomic E-state index is 12.1. The fraction of sp³-hybridized carbons (Fsp3) is 0.417. The van der Waals surface area contributed by atoms with E-state index in [0.717, 1.165) is 0 Å². The van der Waals surface area contributed by atoms with Gasteiger partial charge in [0.1, 0.15) is 18.1 Å². The summed E-state index contributed by atoms with van der Waals surface area (Å²) in [4.78, 5) is 24.0. The van der Waals surface area contributed by atoms with E-state index in [4.69, 9.17) is 23.1 Å². The predicted octanol–water partition coefficient (Wildman–Crippen LogP) is 4.31.